The van der Waals surface area contributed by atoms with Gasteiger partial charge < -0.3 is 5.11 Å². The molecule has 1 aromatic rings. The van der Waals surface area contributed by atoms with Crippen molar-refractivity contribution in [3.05, 3.63) is 23.8 Å². The summed E-state index contributed by atoms with van der Waals surface area (Å²) in [5.41, 5.74) is 4.96. The molecule has 1 radical (unpaired) electrons. The molecule has 1 heterocycles. The van der Waals surface area contributed by atoms with E-state index < -0.39 is 5.97 Å². The summed E-state index contributed by atoms with van der Waals surface area (Å²) in [4.78, 5) is 10.5. The standard InChI is InChI=1S/C7H4N3O2/c11-7(12)4-1-2-5-6(3-4)9-10-8-5/h1-3H,(H,11,12). The molecular weight excluding hydrogens is 158 g/mol. The lowest BCUT2D eigenvalue weighted by atomic mass is 10.2. The largest absolute Gasteiger partial charge is 0.478 e. The van der Waals surface area contributed by atoms with Crippen LogP contribution in [-0.2, 0) is 0 Å². The van der Waals surface area contributed by atoms with Crippen molar-refractivity contribution >= 4 is 17.3 Å². The van der Waals surface area contributed by atoms with Crippen LogP contribution < -0.4 is 5.43 Å². The van der Waals surface area contributed by atoms with Gasteiger partial charge in [0.15, 0.2) is 0 Å². The Morgan fingerprint density at radius 3 is 2.92 bits per heavy atom. The smallest absolute Gasteiger partial charge is 0.335 e. The van der Waals surface area contributed by atoms with E-state index in [1.165, 1.54) is 12.1 Å². The highest BCUT2D eigenvalue weighted by Crippen LogP contribution is 2.30. The van der Waals surface area contributed by atoms with Crippen LogP contribution in [0.1, 0.15) is 10.4 Å². The Hall–Kier alpha value is -1.91. The number of carbonyl (C=O) groups is 1. The van der Waals surface area contributed by atoms with Crippen molar-refractivity contribution in [1.82, 2.24) is 5.43 Å². The van der Waals surface area contributed by atoms with Crippen molar-refractivity contribution in [3.63, 3.8) is 0 Å². The van der Waals surface area contributed by atoms with Gasteiger partial charge in [-0.15, -0.1) is 10.5 Å². The summed E-state index contributed by atoms with van der Waals surface area (Å²) in [6.07, 6.45) is 0. The molecule has 5 nitrogen and oxygen atoms in total. The summed E-state index contributed by atoms with van der Waals surface area (Å²) in [5, 5.41) is 15.7. The molecule has 12 heavy (non-hydrogen) atoms. The Morgan fingerprint density at radius 2 is 2.17 bits per heavy atom. The minimum absolute atomic E-state index is 0.199. The molecule has 1 aromatic carbocycles. The molecule has 2 rings (SSSR count). The van der Waals surface area contributed by atoms with E-state index in [-0.39, 0.29) is 5.56 Å². The number of aromatic carboxylic acids is 1. The Kier molecular flexibility index (Phi) is 1.30. The Bertz CT molecular complexity index is 373. The van der Waals surface area contributed by atoms with Crippen LogP contribution in [0.5, 0.6) is 0 Å². The normalized spacial score (nSPS) is 12.3. The van der Waals surface area contributed by atoms with E-state index in [9.17, 15) is 4.79 Å². The molecule has 0 bridgehead atoms. The van der Waals surface area contributed by atoms with Crippen LogP contribution in [0.15, 0.2) is 28.5 Å². The van der Waals surface area contributed by atoms with Gasteiger partial charge in [-0.05, 0) is 23.4 Å². The van der Waals surface area contributed by atoms with Gasteiger partial charge in [-0.25, -0.2) is 4.79 Å². The lowest BCUT2D eigenvalue weighted by Crippen LogP contribution is -1.95. The van der Waals surface area contributed by atoms with Gasteiger partial charge in [-0.2, -0.15) is 0 Å². The van der Waals surface area contributed by atoms with Gasteiger partial charge in [-0.1, -0.05) is 0 Å². The van der Waals surface area contributed by atoms with Crippen molar-refractivity contribution in [2.45, 2.75) is 0 Å². The zero-order chi connectivity index (χ0) is 8.55. The van der Waals surface area contributed by atoms with Crippen molar-refractivity contribution in [3.8, 4) is 0 Å². The maximum Gasteiger partial charge on any atom is 0.335 e. The summed E-state index contributed by atoms with van der Waals surface area (Å²) in [6.45, 7) is 0. The van der Waals surface area contributed by atoms with E-state index in [2.05, 4.69) is 15.8 Å². The monoisotopic (exact) mass is 162 g/mol. The highest BCUT2D eigenvalue weighted by Gasteiger charge is 2.12. The molecule has 59 valence electrons. The minimum Gasteiger partial charge on any atom is -0.478 e. The highest BCUT2D eigenvalue weighted by molar-refractivity contribution is 5.90. The number of hydrogen-bond donors (Lipinski definition) is 1. The first-order valence-corrected chi connectivity index (χ1v) is 3.26. The Balaban J connectivity index is 2.49. The van der Waals surface area contributed by atoms with Crippen LogP contribution in [0.2, 0.25) is 0 Å². The first-order chi connectivity index (χ1) is 5.77. The van der Waals surface area contributed by atoms with E-state index in [1.54, 1.807) is 6.07 Å². The third-order valence-electron chi connectivity index (χ3n) is 1.53. The number of carboxylic acids is 1. The molecular formula is C7H4N3O2. The molecule has 0 fully saturated rings. The minimum atomic E-state index is -0.972. The highest BCUT2D eigenvalue weighted by atomic mass is 16.4. The molecule has 1 aliphatic rings. The number of carboxylic acid groups (broad SMARTS) is 1. The quantitative estimate of drug-likeness (QED) is 0.681. The zero-order valence-corrected chi connectivity index (χ0v) is 5.93. The van der Waals surface area contributed by atoms with Crippen LogP contribution in [0.25, 0.3) is 0 Å². The maximum atomic E-state index is 10.5. The average molecular weight is 162 g/mol. The number of benzene rings is 1. The topological polar surface area (TPSA) is 76.1 Å². The van der Waals surface area contributed by atoms with Crippen LogP contribution in [0.3, 0.4) is 0 Å². The summed E-state index contributed by atoms with van der Waals surface area (Å²) in [7, 11) is 0. The second kappa shape index (κ2) is 2.30. The van der Waals surface area contributed by atoms with Gasteiger partial charge in [0, 0.05) is 0 Å². The predicted molar refractivity (Wildman–Crippen MR) is 39.7 cm³/mol. The molecule has 5 heteroatoms. The van der Waals surface area contributed by atoms with Crippen molar-refractivity contribution in [2.75, 3.05) is 0 Å². The number of fused-ring (bicyclic) bond motifs is 1. The van der Waals surface area contributed by atoms with Crippen LogP contribution in [-0.4, -0.2) is 11.1 Å². The van der Waals surface area contributed by atoms with E-state index in [4.69, 9.17) is 5.11 Å². The van der Waals surface area contributed by atoms with Gasteiger partial charge in [0.1, 0.15) is 11.4 Å². The molecule has 0 atom stereocenters. The van der Waals surface area contributed by atoms with Gasteiger partial charge in [0.2, 0.25) is 0 Å². The lowest BCUT2D eigenvalue weighted by molar-refractivity contribution is 0.0697. The van der Waals surface area contributed by atoms with Crippen LogP contribution in [0, 0.1) is 0 Å². The van der Waals surface area contributed by atoms with Crippen LogP contribution >= 0.6 is 0 Å². The summed E-state index contributed by atoms with van der Waals surface area (Å²) >= 11 is 0. The molecule has 0 aromatic heterocycles. The van der Waals surface area contributed by atoms with Crippen molar-refractivity contribution in [2.24, 2.45) is 10.3 Å². The Labute approximate surface area is 67.7 Å². The molecule has 0 aliphatic carbocycles. The average Bonchev–Trinajstić information content (AvgIpc) is 2.49. The predicted octanol–water partition coefficient (Wildman–Crippen LogP) is 1.63. The number of nitrogens with zero attached hydrogens (tertiary/aromatic N) is 3. The second-order valence-electron chi connectivity index (χ2n) is 2.30. The molecule has 0 spiro atoms. The third kappa shape index (κ3) is 0.914. The zero-order valence-electron chi connectivity index (χ0n) is 5.93. The lowest BCUT2D eigenvalue weighted by Gasteiger charge is -1.95. The fourth-order valence-corrected chi connectivity index (χ4v) is 0.940. The van der Waals surface area contributed by atoms with Crippen molar-refractivity contribution in [1.29, 1.82) is 0 Å². The molecule has 1 aliphatic heterocycles. The number of hydrogen-bond acceptors (Lipinski definition) is 3. The Morgan fingerprint density at radius 1 is 1.33 bits per heavy atom. The maximum absolute atomic E-state index is 10.5. The van der Waals surface area contributed by atoms with Gasteiger partial charge in [0.25, 0.3) is 0 Å². The molecule has 1 N–H and O–H groups in total. The van der Waals surface area contributed by atoms with E-state index in [1.807, 2.05) is 0 Å². The van der Waals surface area contributed by atoms with Gasteiger partial charge >= 0.3 is 5.97 Å². The molecule has 0 unspecified atom stereocenters. The third-order valence-corrected chi connectivity index (χ3v) is 1.53. The van der Waals surface area contributed by atoms with Gasteiger partial charge in [0.05, 0.1) is 5.56 Å². The second-order valence-corrected chi connectivity index (χ2v) is 2.30. The first-order valence-electron chi connectivity index (χ1n) is 3.26. The molecule has 0 amide bonds. The summed E-state index contributed by atoms with van der Waals surface area (Å²) in [6, 6.07) is 4.50. The first kappa shape index (κ1) is 6.78. The van der Waals surface area contributed by atoms with E-state index in [0.29, 0.717) is 11.4 Å². The van der Waals surface area contributed by atoms with E-state index >= 15 is 0 Å². The fraction of sp³-hybridized carbons (Fsp3) is 0. The summed E-state index contributed by atoms with van der Waals surface area (Å²) in [5.74, 6) is -0.972. The summed E-state index contributed by atoms with van der Waals surface area (Å²) < 4.78 is 0. The SMILES string of the molecule is O=C(O)c1ccc2c(c1)[N]N=N2. The van der Waals surface area contributed by atoms with Crippen molar-refractivity contribution < 1.29 is 9.90 Å². The molecule has 0 saturated heterocycles. The fourth-order valence-electron chi connectivity index (χ4n) is 0.940. The number of rotatable bonds is 1. The van der Waals surface area contributed by atoms with Gasteiger partial charge in [-0.3, -0.25) is 0 Å². The molecule has 0 saturated carbocycles. The van der Waals surface area contributed by atoms with Crippen LogP contribution in [0.4, 0.5) is 11.4 Å². The van der Waals surface area contributed by atoms with E-state index in [0.717, 1.165) is 0 Å².